The molecule has 51 heavy (non-hydrogen) atoms. The van der Waals surface area contributed by atoms with Gasteiger partial charge >= 0.3 is 11.9 Å². The van der Waals surface area contributed by atoms with Gasteiger partial charge in [0, 0.05) is 5.56 Å². The van der Waals surface area contributed by atoms with E-state index in [2.05, 4.69) is 4.98 Å². The molecule has 0 radical (unpaired) electrons. The second-order valence-electron chi connectivity index (χ2n) is 11.8. The molecule has 1 saturated heterocycles. The van der Waals surface area contributed by atoms with Gasteiger partial charge in [0.25, 0.3) is 5.78 Å². The van der Waals surface area contributed by atoms with Crippen molar-refractivity contribution in [3.8, 4) is 17.2 Å². The third-order valence-electron chi connectivity index (χ3n) is 8.25. The minimum atomic E-state index is -1.13. The van der Waals surface area contributed by atoms with Crippen LogP contribution in [0, 0.1) is 13.8 Å². The summed E-state index contributed by atoms with van der Waals surface area (Å²) in [5.41, 5.74) is 4.04. The number of Topliss-reactive ketones (excluding diaryl/α,β-unsaturated/α-hetero) is 1. The van der Waals surface area contributed by atoms with Crippen LogP contribution in [-0.2, 0) is 27.5 Å². The zero-order valence-electron chi connectivity index (χ0n) is 28.5. The van der Waals surface area contributed by atoms with E-state index in [9.17, 15) is 19.5 Å². The summed E-state index contributed by atoms with van der Waals surface area (Å²) in [5, 5.41) is 11.8. The molecule has 4 aromatic carbocycles. The van der Waals surface area contributed by atoms with E-state index < -0.39 is 23.7 Å². The first kappa shape index (κ1) is 34.9. The Hall–Kier alpha value is -5.94. The smallest absolute Gasteiger partial charge is 0.350 e. The lowest BCUT2D eigenvalue weighted by atomic mass is 9.95. The maximum Gasteiger partial charge on any atom is 0.350 e. The van der Waals surface area contributed by atoms with Gasteiger partial charge < -0.3 is 24.1 Å². The predicted octanol–water partition coefficient (Wildman–Crippen LogP) is 7.73. The summed E-state index contributed by atoms with van der Waals surface area (Å²) in [7, 11) is 1.49. The van der Waals surface area contributed by atoms with E-state index in [1.165, 1.54) is 12.0 Å². The van der Waals surface area contributed by atoms with Gasteiger partial charge in [0.1, 0.15) is 29.6 Å². The molecule has 1 N–H and O–H groups in total. The van der Waals surface area contributed by atoms with Crippen molar-refractivity contribution >= 4 is 39.9 Å². The van der Waals surface area contributed by atoms with E-state index >= 15 is 0 Å². The minimum absolute atomic E-state index is 0.102. The zero-order chi connectivity index (χ0) is 36.1. The Morgan fingerprint density at radius 2 is 1.59 bits per heavy atom. The molecule has 1 unspecified atom stereocenters. The van der Waals surface area contributed by atoms with Crippen molar-refractivity contribution in [2.45, 2.75) is 40.0 Å². The molecule has 1 amide bonds. The fraction of sp³-hybridized carbons (Fsp3) is 0.200. The first-order valence-electron chi connectivity index (χ1n) is 16.3. The Balaban J connectivity index is 1.38. The molecule has 1 fully saturated rings. The maximum absolute atomic E-state index is 13.8. The first-order valence-corrected chi connectivity index (χ1v) is 17.1. The molecular weight excluding hydrogens is 669 g/mol. The van der Waals surface area contributed by atoms with Gasteiger partial charge in [0.05, 0.1) is 31.0 Å². The molecule has 0 bridgehead atoms. The van der Waals surface area contributed by atoms with Gasteiger partial charge in [-0.05, 0) is 73.9 Å². The van der Waals surface area contributed by atoms with Crippen LogP contribution in [0.1, 0.15) is 56.1 Å². The van der Waals surface area contributed by atoms with E-state index in [1.54, 1.807) is 56.3 Å². The van der Waals surface area contributed by atoms with E-state index in [0.29, 0.717) is 40.7 Å². The van der Waals surface area contributed by atoms with Gasteiger partial charge in [-0.15, -0.1) is 0 Å². The number of esters is 1. The lowest BCUT2D eigenvalue weighted by Gasteiger charge is -2.24. The van der Waals surface area contributed by atoms with Gasteiger partial charge in [-0.1, -0.05) is 77.6 Å². The summed E-state index contributed by atoms with van der Waals surface area (Å²) in [4.78, 5) is 46.3. The number of hydrogen-bond acceptors (Lipinski definition) is 10. The van der Waals surface area contributed by atoms with Crippen molar-refractivity contribution in [2.24, 2.45) is 0 Å². The molecular formula is C40H36N2O8S. The molecule has 0 aliphatic carbocycles. The monoisotopic (exact) mass is 704 g/mol. The molecule has 0 spiro atoms. The fourth-order valence-electron chi connectivity index (χ4n) is 5.76. The Morgan fingerprint density at radius 3 is 2.29 bits per heavy atom. The molecule has 5 aromatic rings. The molecule has 0 saturated carbocycles. The van der Waals surface area contributed by atoms with Crippen molar-refractivity contribution < 1.29 is 38.4 Å². The number of anilines is 1. The number of nitrogens with zero attached hydrogens (tertiary/aromatic N) is 2. The Kier molecular flexibility index (Phi) is 10.5. The van der Waals surface area contributed by atoms with Crippen LogP contribution < -0.4 is 19.1 Å². The van der Waals surface area contributed by atoms with Gasteiger partial charge in [-0.25, -0.2) is 9.78 Å². The predicted molar refractivity (Wildman–Crippen MR) is 193 cm³/mol. The van der Waals surface area contributed by atoms with Crippen molar-refractivity contribution in [3.05, 3.63) is 141 Å². The van der Waals surface area contributed by atoms with Gasteiger partial charge in [-0.2, -0.15) is 0 Å². The lowest BCUT2D eigenvalue weighted by molar-refractivity contribution is -0.132. The van der Waals surface area contributed by atoms with Crippen LogP contribution in [0.5, 0.6) is 17.2 Å². The van der Waals surface area contributed by atoms with Crippen LogP contribution in [0.25, 0.3) is 5.76 Å². The topological polar surface area (TPSA) is 124 Å². The number of benzene rings is 4. The number of aliphatic hydroxyl groups excluding tert-OH is 1. The Morgan fingerprint density at radius 1 is 0.863 bits per heavy atom. The average Bonchev–Trinajstić information content (AvgIpc) is 3.65. The summed E-state index contributed by atoms with van der Waals surface area (Å²) in [6.07, 6.45) is 0. The molecule has 11 heteroatoms. The number of ketones is 1. The third kappa shape index (κ3) is 7.48. The first-order chi connectivity index (χ1) is 24.7. The molecule has 2 heterocycles. The summed E-state index contributed by atoms with van der Waals surface area (Å²) in [6.45, 7) is 6.13. The van der Waals surface area contributed by atoms with E-state index in [1.807, 2.05) is 61.5 Å². The number of hydrogen-bond donors (Lipinski definition) is 1. The van der Waals surface area contributed by atoms with Gasteiger partial charge in [-0.3, -0.25) is 14.5 Å². The number of thiazole rings is 1. The highest BCUT2D eigenvalue weighted by Gasteiger charge is 2.48. The number of aromatic nitrogens is 1. The number of ether oxygens (including phenoxy) is 4. The summed E-state index contributed by atoms with van der Waals surface area (Å²) < 4.78 is 22.9. The number of amides is 1. The summed E-state index contributed by atoms with van der Waals surface area (Å²) in [6, 6.07) is 28.2. The quantitative estimate of drug-likeness (QED) is 0.0601. The highest BCUT2D eigenvalue weighted by atomic mass is 32.1. The molecule has 260 valence electrons. The number of aryl methyl sites for hydroxylation is 2. The molecule has 1 aliphatic heterocycles. The van der Waals surface area contributed by atoms with E-state index in [-0.39, 0.29) is 34.6 Å². The zero-order valence-corrected chi connectivity index (χ0v) is 29.4. The van der Waals surface area contributed by atoms with Crippen LogP contribution in [0.4, 0.5) is 5.13 Å². The number of rotatable bonds is 12. The number of carbonyl (C=O) groups excluding carboxylic acids is 3. The highest BCUT2D eigenvalue weighted by molar-refractivity contribution is 7.17. The molecule has 1 atom stereocenters. The second kappa shape index (κ2) is 15.3. The lowest BCUT2D eigenvalue weighted by Crippen LogP contribution is -2.29. The molecule has 1 aliphatic rings. The van der Waals surface area contributed by atoms with Crippen molar-refractivity contribution in [3.63, 3.8) is 0 Å². The van der Waals surface area contributed by atoms with Crippen LogP contribution >= 0.6 is 11.3 Å². The molecule has 10 nitrogen and oxygen atoms in total. The van der Waals surface area contributed by atoms with E-state index in [4.69, 9.17) is 18.9 Å². The number of methoxy groups -OCH3 is 1. The van der Waals surface area contributed by atoms with Crippen LogP contribution in [0.3, 0.4) is 0 Å². The standard InChI is InChI=1S/C40H36N2O8S/c1-5-48-39(46)37-25(3)41-40(51-37)42-34(29-16-19-31(32(21-29)47-4)50-22-26-11-7-6-8-12-26)33(36(44)38(42)45)35(43)28-14-17-30(18-15-28)49-23-27-13-9-10-24(2)20-27/h6-21,34,43H,5,22-23H2,1-4H3. The van der Waals surface area contributed by atoms with Crippen molar-refractivity contribution in [1.29, 1.82) is 0 Å². The second-order valence-corrected chi connectivity index (χ2v) is 12.8. The highest BCUT2D eigenvalue weighted by Crippen LogP contribution is 2.45. The Labute approximate surface area is 299 Å². The molecule has 6 rings (SSSR count). The number of carbonyl (C=O) groups is 3. The fourth-order valence-corrected chi connectivity index (χ4v) is 6.75. The molecule has 1 aromatic heterocycles. The van der Waals surface area contributed by atoms with Gasteiger partial charge in [0.15, 0.2) is 16.6 Å². The Bertz CT molecular complexity index is 2110. The summed E-state index contributed by atoms with van der Waals surface area (Å²) >= 11 is 0.934. The van der Waals surface area contributed by atoms with Crippen LogP contribution in [0.15, 0.2) is 103 Å². The van der Waals surface area contributed by atoms with E-state index in [0.717, 1.165) is 28.0 Å². The SMILES string of the molecule is CCOC(=O)c1sc(N2C(=O)C(=O)C(=C(O)c3ccc(OCc4cccc(C)c4)cc3)C2c2ccc(OCc3ccccc3)c(OC)c2)nc1C. The normalized spacial score (nSPS) is 15.1. The maximum atomic E-state index is 13.8. The van der Waals surface area contributed by atoms with Gasteiger partial charge in [0.2, 0.25) is 0 Å². The van der Waals surface area contributed by atoms with Crippen LogP contribution in [-0.4, -0.2) is 41.5 Å². The average molecular weight is 705 g/mol. The minimum Gasteiger partial charge on any atom is -0.507 e. The number of aliphatic hydroxyl groups is 1. The largest absolute Gasteiger partial charge is 0.507 e. The van der Waals surface area contributed by atoms with Crippen LogP contribution in [0.2, 0.25) is 0 Å². The third-order valence-corrected chi connectivity index (χ3v) is 9.39. The summed E-state index contributed by atoms with van der Waals surface area (Å²) in [5.74, 6) is -1.43. The van der Waals surface area contributed by atoms with Crippen molar-refractivity contribution in [1.82, 2.24) is 4.98 Å². The van der Waals surface area contributed by atoms with Crippen molar-refractivity contribution in [2.75, 3.05) is 18.6 Å².